The van der Waals surface area contributed by atoms with E-state index in [0.29, 0.717) is 27.1 Å². The summed E-state index contributed by atoms with van der Waals surface area (Å²) < 4.78 is 8.14. The van der Waals surface area contributed by atoms with Gasteiger partial charge in [-0.2, -0.15) is 0 Å². The highest BCUT2D eigenvalue weighted by molar-refractivity contribution is 6.35. The standard InChI is InChI=1S/C21H16Cl3N3O2.ClH/c22-14-2-4-19-17(8-14)13(7-21(28)26-19)11-29-20(10-27-6-5-25-12-27)16-3-1-15(23)9-18(16)24;/h1-9,12,20H,10-11H2,(H,26,28);1H. The molecule has 9 heteroatoms. The van der Waals surface area contributed by atoms with Gasteiger partial charge in [-0.15, -0.1) is 12.4 Å². The number of rotatable bonds is 6. The van der Waals surface area contributed by atoms with Gasteiger partial charge >= 0.3 is 0 Å². The second kappa shape index (κ2) is 9.86. The van der Waals surface area contributed by atoms with Crippen LogP contribution in [0.5, 0.6) is 0 Å². The van der Waals surface area contributed by atoms with E-state index >= 15 is 0 Å². The van der Waals surface area contributed by atoms with E-state index in [1.807, 2.05) is 22.9 Å². The highest BCUT2D eigenvalue weighted by Crippen LogP contribution is 2.31. The molecule has 4 aromatic rings. The lowest BCUT2D eigenvalue weighted by Crippen LogP contribution is -2.14. The Morgan fingerprint density at radius 2 is 1.83 bits per heavy atom. The number of benzene rings is 2. The first-order valence-electron chi connectivity index (χ1n) is 8.83. The van der Waals surface area contributed by atoms with Crippen molar-refractivity contribution in [2.24, 2.45) is 0 Å². The quantitative estimate of drug-likeness (QED) is 0.361. The van der Waals surface area contributed by atoms with Crippen molar-refractivity contribution in [2.75, 3.05) is 0 Å². The Hall–Kier alpha value is -2.02. The summed E-state index contributed by atoms with van der Waals surface area (Å²) in [6.45, 7) is 0.711. The molecule has 0 saturated heterocycles. The predicted octanol–water partition coefficient (Wildman–Crippen LogP) is 6.06. The molecule has 1 atom stereocenters. The van der Waals surface area contributed by atoms with E-state index in [4.69, 9.17) is 39.5 Å². The Morgan fingerprint density at radius 3 is 2.57 bits per heavy atom. The van der Waals surface area contributed by atoms with Gasteiger partial charge in [0.05, 0.1) is 19.5 Å². The van der Waals surface area contributed by atoms with E-state index in [1.54, 1.807) is 36.8 Å². The largest absolute Gasteiger partial charge is 0.367 e. The highest BCUT2D eigenvalue weighted by Gasteiger charge is 2.18. The van der Waals surface area contributed by atoms with Crippen molar-refractivity contribution in [3.05, 3.63) is 97.7 Å². The van der Waals surface area contributed by atoms with Gasteiger partial charge in [-0.05, 0) is 35.9 Å². The van der Waals surface area contributed by atoms with Crippen LogP contribution in [0.4, 0.5) is 0 Å². The summed E-state index contributed by atoms with van der Waals surface area (Å²) in [5.41, 5.74) is 2.05. The fraction of sp³-hybridized carbons (Fsp3) is 0.143. The Kier molecular flexibility index (Phi) is 7.45. The zero-order valence-electron chi connectivity index (χ0n) is 15.5. The van der Waals surface area contributed by atoms with E-state index in [9.17, 15) is 4.79 Å². The molecule has 0 saturated carbocycles. The van der Waals surface area contributed by atoms with Crippen molar-refractivity contribution in [1.29, 1.82) is 0 Å². The number of nitrogens with zero attached hydrogens (tertiary/aromatic N) is 2. The van der Waals surface area contributed by atoms with Gasteiger partial charge in [0.1, 0.15) is 6.10 Å². The molecule has 0 aliphatic carbocycles. The van der Waals surface area contributed by atoms with E-state index in [1.165, 1.54) is 6.07 Å². The van der Waals surface area contributed by atoms with Crippen molar-refractivity contribution in [3.8, 4) is 0 Å². The fourth-order valence-electron chi connectivity index (χ4n) is 3.20. The summed E-state index contributed by atoms with van der Waals surface area (Å²) in [5, 5.41) is 2.49. The molecule has 0 radical (unpaired) electrons. The molecule has 0 spiro atoms. The zero-order valence-corrected chi connectivity index (χ0v) is 18.6. The lowest BCUT2D eigenvalue weighted by molar-refractivity contribution is 0.0286. The topological polar surface area (TPSA) is 59.9 Å². The third-order valence-electron chi connectivity index (χ3n) is 4.58. The molecular formula is C21H17Cl4N3O2. The first kappa shape index (κ1) is 22.7. The number of halogens is 4. The molecule has 4 rings (SSSR count). The average Bonchev–Trinajstić information content (AvgIpc) is 3.19. The number of H-pyrrole nitrogens is 1. The zero-order chi connectivity index (χ0) is 20.4. The Morgan fingerprint density at radius 1 is 1.07 bits per heavy atom. The average molecular weight is 485 g/mol. The van der Waals surface area contributed by atoms with E-state index in [-0.39, 0.29) is 30.7 Å². The number of hydrogen-bond acceptors (Lipinski definition) is 3. The van der Waals surface area contributed by atoms with Gasteiger partial charge in [0.25, 0.3) is 0 Å². The van der Waals surface area contributed by atoms with Gasteiger partial charge in [-0.1, -0.05) is 40.9 Å². The van der Waals surface area contributed by atoms with E-state index < -0.39 is 0 Å². The molecule has 0 aliphatic rings. The third-order valence-corrected chi connectivity index (χ3v) is 5.37. The Labute approximate surface area is 194 Å². The molecule has 5 nitrogen and oxygen atoms in total. The number of nitrogens with one attached hydrogen (secondary N) is 1. The SMILES string of the molecule is Cl.O=c1cc(COC(Cn2ccnc2)c2ccc(Cl)cc2Cl)c2cc(Cl)ccc2[nH]1. The minimum absolute atomic E-state index is 0. The maximum atomic E-state index is 12.1. The molecule has 2 aromatic carbocycles. The minimum atomic E-state index is -0.373. The maximum absolute atomic E-state index is 12.1. The number of pyridine rings is 1. The van der Waals surface area contributed by atoms with Gasteiger partial charge in [-0.25, -0.2) is 4.98 Å². The highest BCUT2D eigenvalue weighted by atomic mass is 35.5. The van der Waals surface area contributed by atoms with Crippen LogP contribution in [-0.4, -0.2) is 14.5 Å². The molecule has 0 aliphatic heterocycles. The third kappa shape index (κ3) is 5.17. The van der Waals surface area contributed by atoms with Crippen LogP contribution < -0.4 is 5.56 Å². The summed E-state index contributed by atoms with van der Waals surface area (Å²) in [7, 11) is 0. The van der Waals surface area contributed by atoms with Crippen LogP contribution in [0.25, 0.3) is 10.9 Å². The maximum Gasteiger partial charge on any atom is 0.248 e. The first-order valence-corrected chi connectivity index (χ1v) is 9.97. The molecule has 2 aromatic heterocycles. The molecule has 1 unspecified atom stereocenters. The van der Waals surface area contributed by atoms with E-state index in [0.717, 1.165) is 16.5 Å². The number of aromatic nitrogens is 3. The van der Waals surface area contributed by atoms with Crippen molar-refractivity contribution in [1.82, 2.24) is 14.5 Å². The van der Waals surface area contributed by atoms with Crippen LogP contribution >= 0.6 is 47.2 Å². The smallest absolute Gasteiger partial charge is 0.248 e. The number of hydrogen-bond donors (Lipinski definition) is 1. The Balaban J connectivity index is 0.00000256. The summed E-state index contributed by atoms with van der Waals surface area (Å²) in [5.74, 6) is 0. The first-order chi connectivity index (χ1) is 14.0. The van der Waals surface area contributed by atoms with Crippen LogP contribution in [-0.2, 0) is 17.9 Å². The van der Waals surface area contributed by atoms with Gasteiger partial charge in [0.2, 0.25) is 5.56 Å². The molecule has 0 amide bonds. The van der Waals surface area contributed by atoms with Crippen molar-refractivity contribution < 1.29 is 4.74 Å². The van der Waals surface area contributed by atoms with Gasteiger partial charge in [0.15, 0.2) is 0 Å². The summed E-state index contributed by atoms with van der Waals surface area (Å²) in [6, 6.07) is 12.2. The molecule has 30 heavy (non-hydrogen) atoms. The molecule has 0 fully saturated rings. The van der Waals surface area contributed by atoms with Crippen molar-refractivity contribution in [3.63, 3.8) is 0 Å². The normalized spacial score (nSPS) is 12.0. The number of aromatic amines is 1. The van der Waals surface area contributed by atoms with E-state index in [2.05, 4.69) is 9.97 Å². The molecule has 1 N–H and O–H groups in total. The number of fused-ring (bicyclic) bond motifs is 1. The second-order valence-electron chi connectivity index (χ2n) is 6.57. The van der Waals surface area contributed by atoms with Crippen molar-refractivity contribution >= 4 is 58.1 Å². The molecule has 0 bridgehead atoms. The summed E-state index contributed by atoms with van der Waals surface area (Å²) in [6.07, 6.45) is 4.89. The molecule has 156 valence electrons. The molecule has 2 heterocycles. The summed E-state index contributed by atoms with van der Waals surface area (Å²) in [4.78, 5) is 18.9. The van der Waals surface area contributed by atoms with Gasteiger partial charge < -0.3 is 14.3 Å². The van der Waals surface area contributed by atoms with Gasteiger partial charge in [0, 0.05) is 50.0 Å². The second-order valence-corrected chi connectivity index (χ2v) is 7.85. The Bertz CT molecular complexity index is 1210. The number of ether oxygens (including phenoxy) is 1. The van der Waals surface area contributed by atoms with Gasteiger partial charge in [-0.3, -0.25) is 4.79 Å². The lowest BCUT2D eigenvalue weighted by atomic mass is 10.1. The van der Waals surface area contributed by atoms with Crippen LogP contribution in [0.3, 0.4) is 0 Å². The molecular weight excluding hydrogens is 468 g/mol. The minimum Gasteiger partial charge on any atom is -0.367 e. The lowest BCUT2D eigenvalue weighted by Gasteiger charge is -2.21. The van der Waals surface area contributed by atoms with Crippen LogP contribution in [0, 0.1) is 0 Å². The van der Waals surface area contributed by atoms with Crippen LogP contribution in [0.15, 0.2) is 66.0 Å². The summed E-state index contributed by atoms with van der Waals surface area (Å²) >= 11 is 18.6. The van der Waals surface area contributed by atoms with Crippen molar-refractivity contribution in [2.45, 2.75) is 19.3 Å². The van der Waals surface area contributed by atoms with Crippen LogP contribution in [0.1, 0.15) is 17.2 Å². The fourth-order valence-corrected chi connectivity index (χ4v) is 3.90. The number of imidazole rings is 1. The van der Waals surface area contributed by atoms with Crippen LogP contribution in [0.2, 0.25) is 15.1 Å². The monoisotopic (exact) mass is 483 g/mol. The predicted molar refractivity (Wildman–Crippen MR) is 123 cm³/mol.